The van der Waals surface area contributed by atoms with Crippen molar-refractivity contribution in [1.82, 2.24) is 10.5 Å². The standard InChI is InChI=1S/C10H15F3O3.C8H12F3NO3.CH3Cl.CH5NO/c1-5-7(10(11,12)13)15-6-8(14)16-9(2,3)4;1-4-6(8(9,10)11)15-5-7(13)12(2)14-3;1-2;1-2-3/h5,7H,1,6H2,2-4H3;4,6H,1,5H2,2-3H3;1H3;2-3H,1H3. The molecule has 0 aliphatic carbocycles. The fraction of sp³-hybridized carbons (Fsp3) is 0.700. The lowest BCUT2D eigenvalue weighted by molar-refractivity contribution is -0.211. The lowest BCUT2D eigenvalue weighted by Crippen LogP contribution is -2.35. The zero-order valence-corrected chi connectivity index (χ0v) is 21.9. The van der Waals surface area contributed by atoms with E-state index in [1.54, 1.807) is 26.3 Å². The van der Waals surface area contributed by atoms with Gasteiger partial charge in [0, 0.05) is 20.5 Å². The van der Waals surface area contributed by atoms with Crippen LogP contribution in [0, 0.1) is 0 Å². The van der Waals surface area contributed by atoms with Gasteiger partial charge in [0.2, 0.25) is 0 Å². The van der Waals surface area contributed by atoms with E-state index in [2.05, 4.69) is 39.1 Å². The van der Waals surface area contributed by atoms with Crippen LogP contribution >= 0.6 is 11.6 Å². The molecule has 2 atom stereocenters. The number of halogens is 7. The maximum atomic E-state index is 12.2. The average molecular weight is 565 g/mol. The van der Waals surface area contributed by atoms with Crippen LogP contribution in [-0.4, -0.2) is 93.1 Å². The number of hydrogen-bond donors (Lipinski definition) is 2. The molecule has 16 heteroatoms. The number of carbonyl (C=O) groups is 2. The molecular weight excluding hydrogens is 530 g/mol. The zero-order chi connectivity index (χ0) is 29.8. The van der Waals surface area contributed by atoms with Gasteiger partial charge in [0.05, 0.1) is 7.11 Å². The lowest BCUT2D eigenvalue weighted by atomic mass is 10.2. The summed E-state index contributed by atoms with van der Waals surface area (Å²) in [5.41, 5.74) is 1.00. The van der Waals surface area contributed by atoms with E-state index in [0.29, 0.717) is 12.2 Å². The van der Waals surface area contributed by atoms with E-state index in [4.69, 9.17) is 9.94 Å². The van der Waals surface area contributed by atoms with Gasteiger partial charge in [-0.2, -0.15) is 26.3 Å². The summed E-state index contributed by atoms with van der Waals surface area (Å²) in [4.78, 5) is 26.5. The van der Waals surface area contributed by atoms with Crippen LogP contribution in [0.5, 0.6) is 0 Å². The second-order valence-electron chi connectivity index (χ2n) is 6.90. The molecule has 2 N–H and O–H groups in total. The SMILES string of the molecule is C=CC(OCC(=O)N(C)OC)C(F)(F)F.C=CC(OCC(=O)OC(C)(C)C)C(F)(F)F.CCl.CNO. The Morgan fingerprint density at radius 3 is 1.56 bits per heavy atom. The molecule has 0 bridgehead atoms. The highest BCUT2D eigenvalue weighted by molar-refractivity contribution is 6.15. The minimum absolute atomic E-state index is 0.583. The molecule has 36 heavy (non-hydrogen) atoms. The Morgan fingerprint density at radius 1 is 0.972 bits per heavy atom. The van der Waals surface area contributed by atoms with Crippen LogP contribution in [-0.2, 0) is 28.6 Å². The highest BCUT2D eigenvalue weighted by atomic mass is 35.5. The molecule has 0 spiro atoms. The summed E-state index contributed by atoms with van der Waals surface area (Å²) >= 11 is 4.64. The number of hydrogen-bond acceptors (Lipinski definition) is 8. The van der Waals surface area contributed by atoms with Gasteiger partial charge in [-0.25, -0.2) is 15.3 Å². The van der Waals surface area contributed by atoms with Crippen LogP contribution in [0.1, 0.15) is 20.8 Å². The Hall–Kier alpha value is -1.91. The van der Waals surface area contributed by atoms with Crippen molar-refractivity contribution in [3.8, 4) is 0 Å². The van der Waals surface area contributed by atoms with E-state index in [1.165, 1.54) is 27.6 Å². The zero-order valence-electron chi connectivity index (χ0n) is 21.1. The number of nitrogens with one attached hydrogen (secondary N) is 1. The summed E-state index contributed by atoms with van der Waals surface area (Å²) < 4.78 is 86.2. The molecule has 0 rings (SSSR count). The molecular formula is C20H35ClF6N2O7. The number of ether oxygens (including phenoxy) is 3. The molecule has 0 aliphatic rings. The quantitative estimate of drug-likeness (QED) is 0.142. The molecule has 0 saturated carbocycles. The van der Waals surface area contributed by atoms with E-state index in [9.17, 15) is 35.9 Å². The second-order valence-corrected chi connectivity index (χ2v) is 6.90. The molecule has 0 aliphatic heterocycles. The number of alkyl halides is 7. The first kappa shape index (κ1) is 41.2. The fourth-order valence-corrected chi connectivity index (χ4v) is 1.47. The van der Waals surface area contributed by atoms with Gasteiger partial charge in [-0.1, -0.05) is 12.2 Å². The molecule has 0 fully saturated rings. The lowest BCUT2D eigenvalue weighted by Gasteiger charge is -2.21. The average Bonchev–Trinajstić information content (AvgIpc) is 2.73. The summed E-state index contributed by atoms with van der Waals surface area (Å²) in [6.45, 7) is 9.31. The van der Waals surface area contributed by atoms with Crippen LogP contribution < -0.4 is 5.48 Å². The Balaban J connectivity index is -0.000000241. The van der Waals surface area contributed by atoms with Crippen LogP contribution in [0.2, 0.25) is 0 Å². The molecule has 0 radical (unpaired) electrons. The molecule has 9 nitrogen and oxygen atoms in total. The highest BCUT2D eigenvalue weighted by Gasteiger charge is 2.39. The molecule has 0 saturated heterocycles. The van der Waals surface area contributed by atoms with E-state index >= 15 is 0 Å². The summed E-state index contributed by atoms with van der Waals surface area (Å²) in [7, 11) is 3.91. The third-order valence-electron chi connectivity index (χ3n) is 2.89. The van der Waals surface area contributed by atoms with Crippen molar-refractivity contribution in [2.24, 2.45) is 0 Å². The van der Waals surface area contributed by atoms with Crippen molar-refractivity contribution >= 4 is 23.5 Å². The summed E-state index contributed by atoms with van der Waals surface area (Å²) in [6, 6.07) is 0. The number of esters is 1. The smallest absolute Gasteiger partial charge is 0.418 e. The fourth-order valence-electron chi connectivity index (χ4n) is 1.47. The molecule has 0 heterocycles. The van der Waals surface area contributed by atoms with Crippen LogP contribution in [0.3, 0.4) is 0 Å². The van der Waals surface area contributed by atoms with Crippen LogP contribution in [0.15, 0.2) is 25.3 Å². The van der Waals surface area contributed by atoms with Crippen molar-refractivity contribution in [2.45, 2.75) is 50.9 Å². The molecule has 0 aromatic heterocycles. The van der Waals surface area contributed by atoms with E-state index in [1.807, 2.05) is 0 Å². The first-order valence-corrected chi connectivity index (χ1v) is 10.4. The number of rotatable bonds is 9. The number of likely N-dealkylation sites (N-methyl/N-ethyl adjacent to an activating group) is 1. The Bertz CT molecular complexity index is 615. The number of amides is 1. The maximum absolute atomic E-state index is 12.2. The first-order chi connectivity index (χ1) is 16.3. The van der Waals surface area contributed by atoms with Crippen LogP contribution in [0.25, 0.3) is 0 Å². The first-order valence-electron chi connectivity index (χ1n) is 9.63. The minimum Gasteiger partial charge on any atom is -0.458 e. The van der Waals surface area contributed by atoms with Crippen molar-refractivity contribution in [1.29, 1.82) is 0 Å². The molecule has 2 unspecified atom stereocenters. The van der Waals surface area contributed by atoms with Gasteiger partial charge in [0.25, 0.3) is 5.91 Å². The highest BCUT2D eigenvalue weighted by Crippen LogP contribution is 2.24. The van der Waals surface area contributed by atoms with E-state index in [0.717, 1.165) is 5.06 Å². The summed E-state index contributed by atoms with van der Waals surface area (Å²) in [5.74, 6) is -1.56. The predicted octanol–water partition coefficient (Wildman–Crippen LogP) is 4.05. The van der Waals surface area contributed by atoms with Crippen molar-refractivity contribution in [2.75, 3.05) is 40.8 Å². The van der Waals surface area contributed by atoms with E-state index < -0.39 is 55.3 Å². The molecule has 0 aromatic carbocycles. The maximum Gasteiger partial charge on any atom is 0.418 e. The van der Waals surface area contributed by atoms with Gasteiger partial charge in [-0.3, -0.25) is 9.63 Å². The largest absolute Gasteiger partial charge is 0.458 e. The number of hydroxylamine groups is 3. The third-order valence-corrected chi connectivity index (χ3v) is 2.89. The number of nitrogens with zero attached hydrogens (tertiary/aromatic N) is 1. The van der Waals surface area contributed by atoms with Crippen molar-refractivity contribution in [3.05, 3.63) is 25.3 Å². The summed E-state index contributed by atoms with van der Waals surface area (Å²) in [5, 5.41) is 8.09. The third kappa shape index (κ3) is 25.2. The van der Waals surface area contributed by atoms with Gasteiger partial charge >= 0.3 is 18.3 Å². The van der Waals surface area contributed by atoms with Gasteiger partial charge in [0.1, 0.15) is 18.8 Å². The Kier molecular flexibility index (Phi) is 24.3. The molecule has 1 amide bonds. The normalized spacial score (nSPS) is 12.6. The van der Waals surface area contributed by atoms with E-state index in [-0.39, 0.29) is 0 Å². The predicted molar refractivity (Wildman–Crippen MR) is 120 cm³/mol. The van der Waals surface area contributed by atoms with Gasteiger partial charge in [0.15, 0.2) is 12.2 Å². The monoisotopic (exact) mass is 564 g/mol. The molecule has 216 valence electrons. The van der Waals surface area contributed by atoms with Gasteiger partial charge in [-0.05, 0) is 20.8 Å². The minimum atomic E-state index is -4.57. The molecule has 0 aromatic rings. The van der Waals surface area contributed by atoms with Gasteiger partial charge in [-0.15, -0.1) is 24.8 Å². The second kappa shape index (κ2) is 21.2. The van der Waals surface area contributed by atoms with Crippen molar-refractivity contribution < 1.29 is 60.2 Å². The topological polar surface area (TPSA) is 107 Å². The summed E-state index contributed by atoms with van der Waals surface area (Å²) in [6.07, 6.45) is -10.8. The van der Waals surface area contributed by atoms with Gasteiger partial charge < -0.3 is 19.4 Å². The van der Waals surface area contributed by atoms with Crippen molar-refractivity contribution in [3.63, 3.8) is 0 Å². The number of carbonyl (C=O) groups excluding carboxylic acids is 2. The Morgan fingerprint density at radius 2 is 1.31 bits per heavy atom. The van der Waals surface area contributed by atoms with Crippen LogP contribution in [0.4, 0.5) is 26.3 Å². The Labute approximate surface area is 211 Å².